The summed E-state index contributed by atoms with van der Waals surface area (Å²) < 4.78 is 0. The highest BCUT2D eigenvalue weighted by atomic mass is 35.5. The number of hydrogen-bond donors (Lipinski definition) is 5. The SMILES string of the molecule is Cc1ccc([C@H](N=C2NC(=O)[C@@H](CC(=O)Nc3ccc(C)c(Cl)c3)S2)c2c(O)[nH]c(=O)[nH]c2=O)cc1. The van der Waals surface area contributed by atoms with Crippen molar-refractivity contribution >= 4 is 46.0 Å². The zero-order valence-corrected chi connectivity index (χ0v) is 20.8. The molecule has 2 atom stereocenters. The van der Waals surface area contributed by atoms with Gasteiger partial charge in [0, 0.05) is 17.1 Å². The zero-order valence-electron chi connectivity index (χ0n) is 19.2. The van der Waals surface area contributed by atoms with Crippen LogP contribution < -0.4 is 21.9 Å². The van der Waals surface area contributed by atoms with Crippen LogP contribution in [0, 0.1) is 13.8 Å². The standard InChI is InChI=1S/C24H22ClN5O5S/c1-11-3-6-13(7-4-11)19(18-21(33)28-23(35)29-22(18)34)27-24-30-20(32)16(36-24)10-17(31)26-14-8-5-12(2)15(25)9-14/h3-9,16,19H,10H2,1-2H3,(H,26,31)(H,27,30,32)(H3,28,29,33,34,35)/t16-,19+/m1/s1. The molecule has 0 aliphatic carbocycles. The number of aliphatic imine (C=N–C) groups is 1. The van der Waals surface area contributed by atoms with Crippen LogP contribution in [0.15, 0.2) is 57.0 Å². The molecule has 1 aliphatic rings. The Hall–Kier alpha value is -3.83. The van der Waals surface area contributed by atoms with E-state index in [-0.39, 0.29) is 23.1 Å². The number of aromatic nitrogens is 2. The Labute approximate surface area is 214 Å². The van der Waals surface area contributed by atoms with Crippen molar-refractivity contribution in [2.24, 2.45) is 4.99 Å². The summed E-state index contributed by atoms with van der Waals surface area (Å²) in [5.74, 6) is -1.42. The van der Waals surface area contributed by atoms with Crippen LogP contribution in [0.4, 0.5) is 5.69 Å². The molecule has 2 aromatic carbocycles. The average molecular weight is 528 g/mol. The maximum Gasteiger partial charge on any atom is 0.328 e. The fourth-order valence-electron chi connectivity index (χ4n) is 3.56. The summed E-state index contributed by atoms with van der Waals surface area (Å²) in [6.07, 6.45) is -0.124. The topological polar surface area (TPSA) is 157 Å². The highest BCUT2D eigenvalue weighted by Crippen LogP contribution is 2.32. The summed E-state index contributed by atoms with van der Waals surface area (Å²) in [5, 5.41) is 15.6. The van der Waals surface area contributed by atoms with E-state index in [4.69, 9.17) is 11.6 Å². The van der Waals surface area contributed by atoms with Gasteiger partial charge in [-0.05, 0) is 37.1 Å². The normalized spacial score (nSPS) is 17.1. The summed E-state index contributed by atoms with van der Waals surface area (Å²) in [6, 6.07) is 11.2. The Bertz CT molecular complexity index is 1480. The van der Waals surface area contributed by atoms with Gasteiger partial charge >= 0.3 is 5.69 Å². The van der Waals surface area contributed by atoms with E-state index in [1.165, 1.54) is 0 Å². The second kappa shape index (κ2) is 10.4. The molecule has 36 heavy (non-hydrogen) atoms. The van der Waals surface area contributed by atoms with Gasteiger partial charge in [-0.3, -0.25) is 24.4 Å². The van der Waals surface area contributed by atoms with Crippen LogP contribution in [0.2, 0.25) is 5.02 Å². The Morgan fingerprint density at radius 3 is 2.53 bits per heavy atom. The number of H-pyrrole nitrogens is 2. The molecule has 4 rings (SSSR count). The fourth-order valence-corrected chi connectivity index (χ4v) is 4.74. The first-order valence-electron chi connectivity index (χ1n) is 10.8. The van der Waals surface area contributed by atoms with E-state index in [1.807, 2.05) is 26.0 Å². The lowest BCUT2D eigenvalue weighted by Crippen LogP contribution is -2.29. The molecular formula is C24H22ClN5O5S. The molecule has 10 nitrogen and oxygen atoms in total. The van der Waals surface area contributed by atoms with Crippen molar-refractivity contribution in [1.29, 1.82) is 0 Å². The first kappa shape index (κ1) is 25.3. The van der Waals surface area contributed by atoms with Gasteiger partial charge in [-0.2, -0.15) is 0 Å². The molecule has 1 fully saturated rings. The van der Waals surface area contributed by atoms with Crippen LogP contribution in [-0.2, 0) is 9.59 Å². The number of nitrogens with one attached hydrogen (secondary N) is 4. The molecule has 0 spiro atoms. The van der Waals surface area contributed by atoms with E-state index >= 15 is 0 Å². The summed E-state index contributed by atoms with van der Waals surface area (Å²) in [4.78, 5) is 58.0. The number of thioether (sulfide) groups is 1. The maximum atomic E-state index is 12.6. The van der Waals surface area contributed by atoms with E-state index in [0.717, 1.165) is 22.9 Å². The average Bonchev–Trinajstić information content (AvgIpc) is 3.14. The predicted molar refractivity (Wildman–Crippen MR) is 139 cm³/mol. The largest absolute Gasteiger partial charge is 0.494 e. The quantitative estimate of drug-likeness (QED) is 0.332. The van der Waals surface area contributed by atoms with Gasteiger partial charge in [-0.25, -0.2) is 9.79 Å². The van der Waals surface area contributed by atoms with Crippen LogP contribution in [-0.4, -0.2) is 37.3 Å². The number of amides is 2. The summed E-state index contributed by atoms with van der Waals surface area (Å²) in [7, 11) is 0. The van der Waals surface area contributed by atoms with E-state index in [0.29, 0.717) is 16.3 Å². The van der Waals surface area contributed by atoms with Crippen LogP contribution in [0.5, 0.6) is 5.88 Å². The van der Waals surface area contributed by atoms with Gasteiger partial charge in [0.25, 0.3) is 5.56 Å². The molecular weight excluding hydrogens is 506 g/mol. The minimum absolute atomic E-state index is 0.124. The van der Waals surface area contributed by atoms with Gasteiger partial charge in [-0.15, -0.1) is 0 Å². The Morgan fingerprint density at radius 1 is 1.14 bits per heavy atom. The number of amidine groups is 1. The van der Waals surface area contributed by atoms with E-state index < -0.39 is 34.3 Å². The van der Waals surface area contributed by atoms with Gasteiger partial charge in [-0.1, -0.05) is 59.3 Å². The fraction of sp³-hybridized carbons (Fsp3) is 0.208. The monoisotopic (exact) mass is 527 g/mol. The van der Waals surface area contributed by atoms with Crippen LogP contribution in [0.25, 0.3) is 0 Å². The summed E-state index contributed by atoms with van der Waals surface area (Å²) in [5.41, 5.74) is 1.05. The number of benzene rings is 2. The van der Waals surface area contributed by atoms with Gasteiger partial charge < -0.3 is 15.7 Å². The second-order valence-corrected chi connectivity index (χ2v) is 9.83. The number of rotatable bonds is 6. The molecule has 1 saturated heterocycles. The van der Waals surface area contributed by atoms with Crippen molar-refractivity contribution in [1.82, 2.24) is 15.3 Å². The predicted octanol–water partition coefficient (Wildman–Crippen LogP) is 2.74. The zero-order chi connectivity index (χ0) is 26.0. The minimum atomic E-state index is -1.03. The first-order chi connectivity index (χ1) is 17.1. The molecule has 5 N–H and O–H groups in total. The molecule has 2 amide bonds. The lowest BCUT2D eigenvalue weighted by molar-refractivity contribution is -0.122. The molecule has 2 heterocycles. The molecule has 1 aliphatic heterocycles. The number of hydrogen-bond acceptors (Lipinski definition) is 7. The van der Waals surface area contributed by atoms with E-state index in [9.17, 15) is 24.3 Å². The highest BCUT2D eigenvalue weighted by molar-refractivity contribution is 8.15. The summed E-state index contributed by atoms with van der Waals surface area (Å²) >= 11 is 7.14. The minimum Gasteiger partial charge on any atom is -0.494 e. The van der Waals surface area contributed by atoms with Crippen molar-refractivity contribution in [3.8, 4) is 5.88 Å². The van der Waals surface area contributed by atoms with Gasteiger partial charge in [0.15, 0.2) is 5.17 Å². The number of aryl methyl sites for hydroxylation is 2. The van der Waals surface area contributed by atoms with Crippen molar-refractivity contribution < 1.29 is 14.7 Å². The molecule has 12 heteroatoms. The molecule has 0 radical (unpaired) electrons. The van der Waals surface area contributed by atoms with Crippen molar-refractivity contribution in [3.63, 3.8) is 0 Å². The maximum absolute atomic E-state index is 12.6. The number of carbonyl (C=O) groups is 2. The summed E-state index contributed by atoms with van der Waals surface area (Å²) in [6.45, 7) is 3.74. The Morgan fingerprint density at radius 2 is 1.86 bits per heavy atom. The number of nitrogens with zero attached hydrogens (tertiary/aromatic N) is 1. The first-order valence-corrected chi connectivity index (χ1v) is 12.1. The smallest absolute Gasteiger partial charge is 0.328 e. The third-order valence-electron chi connectivity index (χ3n) is 5.47. The third kappa shape index (κ3) is 5.69. The van der Waals surface area contributed by atoms with Gasteiger partial charge in [0.1, 0.15) is 16.9 Å². The Balaban J connectivity index is 1.58. The highest BCUT2D eigenvalue weighted by Gasteiger charge is 2.33. The molecule has 0 saturated carbocycles. The lowest BCUT2D eigenvalue weighted by atomic mass is 10.00. The molecule has 3 aromatic rings. The number of anilines is 1. The van der Waals surface area contributed by atoms with Crippen LogP contribution >= 0.6 is 23.4 Å². The van der Waals surface area contributed by atoms with Crippen molar-refractivity contribution in [2.45, 2.75) is 31.6 Å². The van der Waals surface area contributed by atoms with Gasteiger partial charge in [0.2, 0.25) is 17.7 Å². The van der Waals surface area contributed by atoms with Crippen LogP contribution in [0.1, 0.15) is 34.7 Å². The number of halogens is 1. The van der Waals surface area contributed by atoms with Gasteiger partial charge in [0.05, 0.1) is 0 Å². The number of aromatic amines is 2. The second-order valence-electron chi connectivity index (χ2n) is 8.23. The van der Waals surface area contributed by atoms with E-state index in [2.05, 4.69) is 25.6 Å². The Kier molecular flexibility index (Phi) is 7.32. The molecule has 186 valence electrons. The molecule has 1 aromatic heterocycles. The number of aromatic hydroxyl groups is 1. The third-order valence-corrected chi connectivity index (χ3v) is 6.98. The lowest BCUT2D eigenvalue weighted by Gasteiger charge is -2.15. The van der Waals surface area contributed by atoms with Crippen molar-refractivity contribution in [3.05, 3.63) is 90.6 Å². The van der Waals surface area contributed by atoms with Crippen LogP contribution in [0.3, 0.4) is 0 Å². The van der Waals surface area contributed by atoms with E-state index in [1.54, 1.807) is 30.3 Å². The molecule has 0 bridgehead atoms. The molecule has 0 unspecified atom stereocenters. The number of carbonyl (C=O) groups excluding carboxylic acids is 2. The van der Waals surface area contributed by atoms with Crippen molar-refractivity contribution in [2.75, 3.05) is 5.32 Å².